The molecule has 0 spiro atoms. The summed E-state index contributed by atoms with van der Waals surface area (Å²) in [6, 6.07) is 20.6. The Hall–Kier alpha value is -4.74. The van der Waals surface area contributed by atoms with E-state index in [0.717, 1.165) is 42.8 Å². The lowest BCUT2D eigenvalue weighted by Gasteiger charge is -2.34. The van der Waals surface area contributed by atoms with E-state index in [1.165, 1.54) is 11.5 Å². The maximum absolute atomic E-state index is 13.4. The van der Waals surface area contributed by atoms with Crippen molar-refractivity contribution in [3.05, 3.63) is 102 Å². The summed E-state index contributed by atoms with van der Waals surface area (Å²) in [6.45, 7) is 5.65. The van der Waals surface area contributed by atoms with E-state index in [1.54, 1.807) is 37.4 Å². The van der Waals surface area contributed by atoms with Crippen molar-refractivity contribution in [2.75, 3.05) is 43.4 Å². The van der Waals surface area contributed by atoms with Gasteiger partial charge in [-0.3, -0.25) is 24.5 Å². The third kappa shape index (κ3) is 6.27. The first kappa shape index (κ1) is 27.4. The molecule has 3 aromatic heterocycles. The van der Waals surface area contributed by atoms with E-state index in [-0.39, 0.29) is 11.8 Å². The van der Waals surface area contributed by atoms with E-state index in [1.807, 2.05) is 53.6 Å². The maximum atomic E-state index is 13.4. The Morgan fingerprint density at radius 2 is 1.74 bits per heavy atom. The lowest BCUT2D eigenvalue weighted by molar-refractivity contribution is 0.0638. The third-order valence-electron chi connectivity index (χ3n) is 7.22. The number of anilines is 3. The molecule has 2 amide bonds. The highest BCUT2D eigenvalue weighted by Gasteiger charge is 2.23. The van der Waals surface area contributed by atoms with Crippen molar-refractivity contribution in [3.8, 4) is 0 Å². The van der Waals surface area contributed by atoms with Crippen LogP contribution in [-0.2, 0) is 6.42 Å². The topological polar surface area (TPSA) is 116 Å². The molecule has 2 N–H and O–H groups in total. The van der Waals surface area contributed by atoms with E-state index < -0.39 is 0 Å². The van der Waals surface area contributed by atoms with Crippen LogP contribution in [0.25, 0.3) is 11.0 Å². The number of carbonyl (C=O) groups excluding carboxylic acids is 2. The summed E-state index contributed by atoms with van der Waals surface area (Å²) in [5.41, 5.74) is 4.73. The van der Waals surface area contributed by atoms with Crippen molar-refractivity contribution in [1.82, 2.24) is 29.1 Å². The number of aromatic nitrogens is 4. The minimum Gasteiger partial charge on any atom is -0.336 e. The summed E-state index contributed by atoms with van der Waals surface area (Å²) in [5, 5.41) is 6.72. The summed E-state index contributed by atoms with van der Waals surface area (Å²) in [5.74, 6) is 0.167. The zero-order valence-corrected chi connectivity index (χ0v) is 24.0. The molecule has 0 saturated carbocycles. The predicted octanol–water partition coefficient (Wildman–Crippen LogP) is 4.79. The predicted molar refractivity (Wildman–Crippen MR) is 164 cm³/mol. The molecular formula is C31H30N8O2S. The highest BCUT2D eigenvalue weighted by Crippen LogP contribution is 2.29. The Bertz CT molecular complexity index is 1720. The number of pyridine rings is 1. The van der Waals surface area contributed by atoms with Crippen LogP contribution in [0.5, 0.6) is 0 Å². The van der Waals surface area contributed by atoms with Gasteiger partial charge >= 0.3 is 0 Å². The van der Waals surface area contributed by atoms with Gasteiger partial charge in [-0.2, -0.15) is 4.37 Å². The normalized spacial score (nSPS) is 13.7. The van der Waals surface area contributed by atoms with Crippen LogP contribution in [0.2, 0.25) is 0 Å². The number of nitrogens with one attached hydrogen (secondary N) is 2. The van der Waals surface area contributed by atoms with E-state index in [2.05, 4.69) is 34.9 Å². The molecule has 212 valence electrons. The van der Waals surface area contributed by atoms with Gasteiger partial charge in [-0.15, -0.1) is 0 Å². The van der Waals surface area contributed by atoms with Crippen molar-refractivity contribution in [3.63, 3.8) is 0 Å². The molecule has 0 unspecified atom stereocenters. The largest absolute Gasteiger partial charge is 0.336 e. The molecule has 1 aliphatic heterocycles. The molecule has 1 saturated heterocycles. The molecule has 0 bridgehead atoms. The first-order chi connectivity index (χ1) is 20.5. The van der Waals surface area contributed by atoms with Crippen LogP contribution >= 0.6 is 11.5 Å². The van der Waals surface area contributed by atoms with Gasteiger partial charge in [0.2, 0.25) is 0 Å². The molecular weight excluding hydrogens is 548 g/mol. The summed E-state index contributed by atoms with van der Waals surface area (Å²) in [7, 11) is 0. The fourth-order valence-electron chi connectivity index (χ4n) is 4.96. The number of nitrogens with zero attached hydrogens (tertiary/aromatic N) is 6. The van der Waals surface area contributed by atoms with Gasteiger partial charge in [0.25, 0.3) is 11.8 Å². The number of aryl methyl sites for hydroxylation is 1. The molecule has 0 aliphatic carbocycles. The molecule has 0 radical (unpaired) electrons. The fraction of sp³-hybridized carbons (Fsp3) is 0.226. The van der Waals surface area contributed by atoms with E-state index >= 15 is 0 Å². The number of hydrogen-bond donors (Lipinski definition) is 2. The first-order valence-corrected chi connectivity index (χ1v) is 14.6. The molecule has 0 atom stereocenters. The third-order valence-corrected chi connectivity index (χ3v) is 8.07. The Balaban J connectivity index is 1.08. The van der Waals surface area contributed by atoms with Crippen molar-refractivity contribution in [2.45, 2.75) is 13.3 Å². The van der Waals surface area contributed by atoms with Crippen LogP contribution in [0.1, 0.15) is 32.1 Å². The molecule has 4 heterocycles. The number of para-hydroxylation sites is 2. The van der Waals surface area contributed by atoms with Gasteiger partial charge in [-0.05, 0) is 60.9 Å². The van der Waals surface area contributed by atoms with Crippen LogP contribution in [0.15, 0.2) is 79.1 Å². The van der Waals surface area contributed by atoms with E-state index in [9.17, 15) is 9.59 Å². The average molecular weight is 579 g/mol. The quantitative estimate of drug-likeness (QED) is 0.270. The Kier molecular flexibility index (Phi) is 8.11. The van der Waals surface area contributed by atoms with Crippen LogP contribution in [-0.4, -0.2) is 73.7 Å². The van der Waals surface area contributed by atoms with Crippen molar-refractivity contribution < 1.29 is 9.59 Å². The van der Waals surface area contributed by atoms with Gasteiger partial charge in [0.15, 0.2) is 0 Å². The molecule has 1 aliphatic rings. The number of piperazine rings is 1. The van der Waals surface area contributed by atoms with Gasteiger partial charge in [0.05, 0.1) is 28.5 Å². The second-order valence-electron chi connectivity index (χ2n) is 10.1. The number of amides is 2. The van der Waals surface area contributed by atoms with Crippen molar-refractivity contribution in [1.29, 1.82) is 0 Å². The zero-order valence-electron chi connectivity index (χ0n) is 23.2. The van der Waals surface area contributed by atoms with E-state index in [0.29, 0.717) is 46.4 Å². The number of rotatable bonds is 8. The Labute approximate surface area is 247 Å². The summed E-state index contributed by atoms with van der Waals surface area (Å²) in [4.78, 5) is 44.3. The second kappa shape index (κ2) is 12.4. The standard InChI is InChI=1S/C31H30N8O2S/c1-21-28(30(42-37-21)36-27-20-33-25-10-2-3-11-26(25)35-27)29(40)34-24-9-6-7-22(19-24)31(41)39-17-15-38(16-18-39)14-12-23-8-4-5-13-32-23/h2-11,13,19-20H,12,14-18H2,1H3,(H,34,40)(H,35,36). The molecule has 6 rings (SSSR count). The summed E-state index contributed by atoms with van der Waals surface area (Å²) >= 11 is 1.19. The molecule has 5 aromatic rings. The lowest BCUT2D eigenvalue weighted by atomic mass is 10.1. The number of carbonyl (C=O) groups is 2. The molecule has 42 heavy (non-hydrogen) atoms. The van der Waals surface area contributed by atoms with Gasteiger partial charge in [-0.25, -0.2) is 4.98 Å². The van der Waals surface area contributed by atoms with Crippen LogP contribution in [0.4, 0.5) is 16.5 Å². The smallest absolute Gasteiger partial charge is 0.260 e. The number of fused-ring (bicyclic) bond motifs is 1. The summed E-state index contributed by atoms with van der Waals surface area (Å²) < 4.78 is 4.38. The van der Waals surface area contributed by atoms with Gasteiger partial charge in [0, 0.05) is 62.3 Å². The first-order valence-electron chi connectivity index (χ1n) is 13.8. The zero-order chi connectivity index (χ0) is 28.9. The van der Waals surface area contributed by atoms with Gasteiger partial charge in [-0.1, -0.05) is 24.3 Å². The molecule has 2 aromatic carbocycles. The van der Waals surface area contributed by atoms with E-state index in [4.69, 9.17) is 0 Å². The highest BCUT2D eigenvalue weighted by molar-refractivity contribution is 7.10. The molecule has 10 nitrogen and oxygen atoms in total. The lowest BCUT2D eigenvalue weighted by Crippen LogP contribution is -2.49. The monoisotopic (exact) mass is 578 g/mol. The maximum Gasteiger partial charge on any atom is 0.260 e. The minimum absolute atomic E-state index is 0.0407. The van der Waals surface area contributed by atoms with Gasteiger partial charge < -0.3 is 15.5 Å². The number of benzene rings is 2. The Morgan fingerprint density at radius 3 is 2.55 bits per heavy atom. The molecule has 11 heteroatoms. The second-order valence-corrected chi connectivity index (χ2v) is 10.9. The van der Waals surface area contributed by atoms with Crippen LogP contribution in [0.3, 0.4) is 0 Å². The Morgan fingerprint density at radius 1 is 0.929 bits per heavy atom. The highest BCUT2D eigenvalue weighted by atomic mass is 32.1. The fourth-order valence-corrected chi connectivity index (χ4v) is 5.76. The van der Waals surface area contributed by atoms with Crippen molar-refractivity contribution in [2.24, 2.45) is 0 Å². The minimum atomic E-state index is -0.316. The SMILES string of the molecule is Cc1nsc(Nc2cnc3ccccc3n2)c1C(=O)Nc1cccc(C(=O)N2CCN(CCc3ccccn3)CC2)c1. The van der Waals surface area contributed by atoms with Crippen LogP contribution in [0, 0.1) is 6.92 Å². The van der Waals surface area contributed by atoms with Crippen molar-refractivity contribution >= 4 is 50.9 Å². The average Bonchev–Trinajstić information content (AvgIpc) is 3.40. The van der Waals surface area contributed by atoms with Crippen LogP contribution < -0.4 is 10.6 Å². The molecule has 1 fully saturated rings. The number of hydrogen-bond acceptors (Lipinski definition) is 9. The summed E-state index contributed by atoms with van der Waals surface area (Å²) in [6.07, 6.45) is 4.34. The van der Waals surface area contributed by atoms with Gasteiger partial charge in [0.1, 0.15) is 10.8 Å².